The highest BCUT2D eigenvalue weighted by Crippen LogP contribution is 2.02. The van der Waals surface area contributed by atoms with Gasteiger partial charge in [0.05, 0.1) is 6.54 Å². The lowest BCUT2D eigenvalue weighted by molar-refractivity contribution is -0.141. The van der Waals surface area contributed by atoms with Gasteiger partial charge in [0.15, 0.2) is 0 Å². The quantitative estimate of drug-likeness (QED) is 0.724. The van der Waals surface area contributed by atoms with Gasteiger partial charge in [-0.3, -0.25) is 0 Å². The van der Waals surface area contributed by atoms with Gasteiger partial charge in [-0.05, 0) is 6.42 Å². The molecule has 1 unspecified atom stereocenters. The molecule has 0 spiro atoms. The Bertz CT molecular complexity index is 236. The summed E-state index contributed by atoms with van der Waals surface area (Å²) < 4.78 is 23.5. The molecule has 0 aromatic rings. The van der Waals surface area contributed by atoms with Crippen LogP contribution in [-0.4, -0.2) is 48.1 Å². The summed E-state index contributed by atoms with van der Waals surface area (Å²) in [6.45, 7) is 0.814. The Balaban J connectivity index is 4.22. The summed E-state index contributed by atoms with van der Waals surface area (Å²) in [5.41, 5.74) is 0. The molecule has 0 radical (unpaired) electrons. The Morgan fingerprint density at radius 3 is 2.33 bits per heavy atom. The van der Waals surface area contributed by atoms with E-state index in [0.717, 1.165) is 4.90 Å². The van der Waals surface area contributed by atoms with Gasteiger partial charge in [0.1, 0.15) is 6.04 Å². The third-order valence-corrected chi connectivity index (χ3v) is 1.87. The molecule has 0 aromatic heterocycles. The summed E-state index contributed by atoms with van der Waals surface area (Å²) >= 11 is 0. The second-order valence-electron chi connectivity index (χ2n) is 2.95. The van der Waals surface area contributed by atoms with Crippen LogP contribution in [-0.2, 0) is 4.79 Å². The maximum absolute atomic E-state index is 11.8. The predicted octanol–water partition coefficient (Wildman–Crippen LogP) is 0.756. The van der Waals surface area contributed by atoms with E-state index in [9.17, 15) is 18.4 Å². The van der Waals surface area contributed by atoms with Crippen LogP contribution in [0.5, 0.6) is 0 Å². The minimum Gasteiger partial charge on any atom is -0.480 e. The molecular weight excluding hydrogens is 210 g/mol. The molecule has 88 valence electrons. The van der Waals surface area contributed by atoms with Crippen LogP contribution in [0, 0.1) is 0 Å². The maximum atomic E-state index is 11.8. The number of halogens is 2. The van der Waals surface area contributed by atoms with Crippen LogP contribution in [0.4, 0.5) is 13.6 Å². The van der Waals surface area contributed by atoms with Gasteiger partial charge >= 0.3 is 12.0 Å². The zero-order valence-electron chi connectivity index (χ0n) is 8.54. The molecule has 15 heavy (non-hydrogen) atoms. The first-order valence-corrected chi connectivity index (χ1v) is 4.41. The van der Waals surface area contributed by atoms with Gasteiger partial charge in [0.25, 0.3) is 6.43 Å². The average Bonchev–Trinajstić information content (AvgIpc) is 2.14. The number of carboxylic acid groups (broad SMARTS) is 1. The highest BCUT2D eigenvalue weighted by molar-refractivity contribution is 5.82. The van der Waals surface area contributed by atoms with E-state index in [1.807, 2.05) is 5.32 Å². The number of urea groups is 1. The Morgan fingerprint density at radius 2 is 2.00 bits per heavy atom. The summed E-state index contributed by atoms with van der Waals surface area (Å²) in [7, 11) is 1.25. The molecule has 0 saturated heterocycles. The van der Waals surface area contributed by atoms with Crippen molar-refractivity contribution in [2.45, 2.75) is 25.8 Å². The van der Waals surface area contributed by atoms with Crippen molar-refractivity contribution in [2.75, 3.05) is 13.6 Å². The van der Waals surface area contributed by atoms with Crippen molar-refractivity contribution in [2.24, 2.45) is 0 Å². The van der Waals surface area contributed by atoms with Crippen LogP contribution in [0.3, 0.4) is 0 Å². The van der Waals surface area contributed by atoms with E-state index in [2.05, 4.69) is 0 Å². The Kier molecular flexibility index (Phi) is 5.58. The van der Waals surface area contributed by atoms with Crippen LogP contribution < -0.4 is 5.32 Å². The number of alkyl halides is 2. The second kappa shape index (κ2) is 6.15. The topological polar surface area (TPSA) is 69.6 Å². The first kappa shape index (κ1) is 13.6. The van der Waals surface area contributed by atoms with Gasteiger partial charge in [-0.2, -0.15) is 0 Å². The van der Waals surface area contributed by atoms with E-state index < -0.39 is 31.0 Å². The van der Waals surface area contributed by atoms with Crippen molar-refractivity contribution in [3.05, 3.63) is 0 Å². The summed E-state index contributed by atoms with van der Waals surface area (Å²) in [6.07, 6.45) is -2.43. The molecule has 0 aliphatic heterocycles. The normalized spacial score (nSPS) is 12.3. The van der Waals surface area contributed by atoms with E-state index in [1.165, 1.54) is 7.05 Å². The largest absolute Gasteiger partial charge is 0.480 e. The molecule has 5 nitrogen and oxygen atoms in total. The number of hydrogen-bond donors (Lipinski definition) is 2. The SMILES string of the molecule is CCC(C(=O)O)N(C)C(=O)NCC(F)F. The number of likely N-dealkylation sites (N-methyl/N-ethyl adjacent to an activating group) is 1. The molecule has 2 N–H and O–H groups in total. The number of hydrogen-bond acceptors (Lipinski definition) is 2. The Labute approximate surface area is 86.1 Å². The lowest BCUT2D eigenvalue weighted by Gasteiger charge is -2.23. The number of aliphatic carboxylic acids is 1. The molecule has 0 rings (SSSR count). The highest BCUT2D eigenvalue weighted by Gasteiger charge is 2.24. The fourth-order valence-electron chi connectivity index (χ4n) is 1.04. The van der Waals surface area contributed by atoms with Crippen molar-refractivity contribution in [3.63, 3.8) is 0 Å². The summed E-state index contributed by atoms with van der Waals surface area (Å²) in [6, 6.07) is -1.81. The molecule has 0 saturated carbocycles. The van der Waals surface area contributed by atoms with Gasteiger partial charge in [0.2, 0.25) is 0 Å². The van der Waals surface area contributed by atoms with Crippen molar-refractivity contribution in [1.29, 1.82) is 0 Å². The summed E-state index contributed by atoms with van der Waals surface area (Å²) in [5.74, 6) is -1.16. The Morgan fingerprint density at radius 1 is 1.47 bits per heavy atom. The van der Waals surface area contributed by atoms with Crippen LogP contribution >= 0.6 is 0 Å². The molecule has 0 aromatic carbocycles. The molecular formula is C8H14F2N2O3. The first-order valence-electron chi connectivity index (χ1n) is 4.41. The molecule has 0 aliphatic rings. The molecule has 0 aliphatic carbocycles. The Hall–Kier alpha value is -1.40. The number of rotatable bonds is 5. The predicted molar refractivity (Wildman–Crippen MR) is 48.9 cm³/mol. The van der Waals surface area contributed by atoms with Crippen LogP contribution in [0.15, 0.2) is 0 Å². The second-order valence-corrected chi connectivity index (χ2v) is 2.95. The van der Waals surface area contributed by atoms with E-state index in [4.69, 9.17) is 5.11 Å². The van der Waals surface area contributed by atoms with Crippen molar-refractivity contribution >= 4 is 12.0 Å². The average molecular weight is 224 g/mol. The molecule has 0 heterocycles. The molecule has 2 amide bonds. The number of carboxylic acids is 1. The third-order valence-electron chi connectivity index (χ3n) is 1.87. The third kappa shape index (κ3) is 4.57. The van der Waals surface area contributed by atoms with Gasteiger partial charge in [-0.1, -0.05) is 6.92 Å². The monoisotopic (exact) mass is 224 g/mol. The molecule has 0 fully saturated rings. The fraction of sp³-hybridized carbons (Fsp3) is 0.750. The number of nitrogens with zero attached hydrogens (tertiary/aromatic N) is 1. The summed E-state index contributed by atoms with van der Waals surface area (Å²) in [5, 5.41) is 10.6. The lowest BCUT2D eigenvalue weighted by atomic mass is 10.2. The smallest absolute Gasteiger partial charge is 0.326 e. The van der Waals surface area contributed by atoms with Crippen molar-refractivity contribution in [1.82, 2.24) is 10.2 Å². The molecule has 0 bridgehead atoms. The first-order chi connectivity index (χ1) is 6.90. The molecule has 1 atom stereocenters. The molecule has 7 heteroatoms. The summed E-state index contributed by atoms with van der Waals surface area (Å²) in [4.78, 5) is 22.7. The van der Waals surface area contributed by atoms with Gasteiger partial charge in [-0.15, -0.1) is 0 Å². The van der Waals surface area contributed by atoms with E-state index in [-0.39, 0.29) is 6.42 Å². The number of amides is 2. The minimum atomic E-state index is -2.65. The van der Waals surface area contributed by atoms with Gasteiger partial charge in [0, 0.05) is 7.05 Å². The number of carbonyl (C=O) groups excluding carboxylic acids is 1. The van der Waals surface area contributed by atoms with E-state index in [1.54, 1.807) is 6.92 Å². The number of carbonyl (C=O) groups is 2. The van der Waals surface area contributed by atoms with Gasteiger partial charge < -0.3 is 15.3 Å². The minimum absolute atomic E-state index is 0.216. The fourth-order valence-corrected chi connectivity index (χ4v) is 1.04. The van der Waals surface area contributed by atoms with E-state index >= 15 is 0 Å². The zero-order chi connectivity index (χ0) is 12.0. The van der Waals surface area contributed by atoms with Crippen LogP contribution in [0.1, 0.15) is 13.3 Å². The van der Waals surface area contributed by atoms with Gasteiger partial charge in [-0.25, -0.2) is 18.4 Å². The van der Waals surface area contributed by atoms with Crippen LogP contribution in [0.2, 0.25) is 0 Å². The lowest BCUT2D eigenvalue weighted by Crippen LogP contribution is -2.47. The number of nitrogens with one attached hydrogen (secondary N) is 1. The maximum Gasteiger partial charge on any atom is 0.326 e. The van der Waals surface area contributed by atoms with Crippen molar-refractivity contribution in [3.8, 4) is 0 Å². The highest BCUT2D eigenvalue weighted by atomic mass is 19.3. The zero-order valence-corrected chi connectivity index (χ0v) is 8.54. The van der Waals surface area contributed by atoms with Crippen LogP contribution in [0.25, 0.3) is 0 Å². The van der Waals surface area contributed by atoms with Crippen molar-refractivity contribution < 1.29 is 23.5 Å². The van der Waals surface area contributed by atoms with E-state index in [0.29, 0.717) is 0 Å². The standard InChI is InChI=1S/C8H14F2N2O3/c1-3-5(7(13)14)12(2)8(15)11-4-6(9)10/h5-6H,3-4H2,1-2H3,(H,11,15)(H,13,14).